The molecule has 4 nitrogen and oxygen atoms in total. The number of hydrogen-bond acceptors (Lipinski definition) is 3. The molecular formula is C44H81NO3. The average molecular weight is 672 g/mol. The highest BCUT2D eigenvalue weighted by Crippen LogP contribution is 2.14. The third kappa shape index (κ3) is 35.7. The lowest BCUT2D eigenvalue weighted by molar-refractivity contribution is -0.123. The van der Waals surface area contributed by atoms with Gasteiger partial charge < -0.3 is 15.5 Å². The lowest BCUT2D eigenvalue weighted by Gasteiger charge is -2.19. The number of nitrogens with one attached hydrogen (secondary N) is 1. The minimum Gasteiger partial charge on any atom is -0.394 e. The average Bonchev–Trinajstić information content (AvgIpc) is 3.09. The molecule has 3 N–H and O–H groups in total. The Balaban J connectivity index is 3.53. The lowest BCUT2D eigenvalue weighted by Crippen LogP contribution is -2.45. The molecule has 280 valence electrons. The molecule has 2 unspecified atom stereocenters. The fourth-order valence-electron chi connectivity index (χ4n) is 6.03. The van der Waals surface area contributed by atoms with Crippen LogP contribution in [0.15, 0.2) is 48.6 Å². The molecule has 0 aliphatic heterocycles. The Morgan fingerprint density at radius 2 is 0.854 bits per heavy atom. The maximum atomic E-state index is 12.3. The van der Waals surface area contributed by atoms with E-state index in [4.69, 9.17) is 0 Å². The molecule has 0 bridgehead atoms. The van der Waals surface area contributed by atoms with E-state index in [1.807, 2.05) is 6.08 Å². The summed E-state index contributed by atoms with van der Waals surface area (Å²) in [5.74, 6) is -0.0806. The van der Waals surface area contributed by atoms with Gasteiger partial charge in [-0.15, -0.1) is 0 Å². The van der Waals surface area contributed by atoms with Gasteiger partial charge in [0, 0.05) is 6.42 Å². The third-order valence-electron chi connectivity index (χ3n) is 9.24. The lowest BCUT2D eigenvalue weighted by atomic mass is 10.0. The number of carbonyl (C=O) groups excluding carboxylic acids is 1. The van der Waals surface area contributed by atoms with Crippen LogP contribution in [0.4, 0.5) is 0 Å². The van der Waals surface area contributed by atoms with Crippen LogP contribution in [0.2, 0.25) is 0 Å². The Hall–Kier alpha value is -1.65. The predicted molar refractivity (Wildman–Crippen MR) is 211 cm³/mol. The number of amides is 1. The van der Waals surface area contributed by atoms with Crippen molar-refractivity contribution in [2.24, 2.45) is 0 Å². The summed E-state index contributed by atoms with van der Waals surface area (Å²) in [6, 6.07) is -0.643. The largest absolute Gasteiger partial charge is 0.394 e. The molecule has 0 aliphatic carbocycles. The van der Waals surface area contributed by atoms with Gasteiger partial charge >= 0.3 is 0 Å². The van der Waals surface area contributed by atoms with Gasteiger partial charge in [-0.25, -0.2) is 0 Å². The van der Waals surface area contributed by atoms with E-state index >= 15 is 0 Å². The topological polar surface area (TPSA) is 69.6 Å². The number of carbonyl (C=O) groups is 1. The molecule has 48 heavy (non-hydrogen) atoms. The normalized spacial score (nSPS) is 13.5. The zero-order valence-corrected chi connectivity index (χ0v) is 32.0. The molecule has 0 fully saturated rings. The molecule has 0 aromatic carbocycles. The zero-order chi connectivity index (χ0) is 35.0. The zero-order valence-electron chi connectivity index (χ0n) is 32.0. The quantitative estimate of drug-likeness (QED) is 0.0455. The van der Waals surface area contributed by atoms with Crippen LogP contribution < -0.4 is 5.32 Å². The van der Waals surface area contributed by atoms with Crippen molar-refractivity contribution in [2.75, 3.05) is 6.61 Å². The van der Waals surface area contributed by atoms with E-state index in [0.29, 0.717) is 6.42 Å². The second-order valence-corrected chi connectivity index (χ2v) is 14.0. The minimum atomic E-state index is -0.867. The number of allylic oxidation sites excluding steroid dienone is 7. The van der Waals surface area contributed by atoms with Crippen LogP contribution in [0.1, 0.15) is 206 Å². The highest BCUT2D eigenvalue weighted by molar-refractivity contribution is 5.76. The van der Waals surface area contributed by atoms with Crippen LogP contribution in [0.25, 0.3) is 0 Å². The molecule has 2 atom stereocenters. The monoisotopic (exact) mass is 672 g/mol. The Bertz CT molecular complexity index is 771. The van der Waals surface area contributed by atoms with E-state index in [1.54, 1.807) is 6.08 Å². The first-order chi connectivity index (χ1) is 23.7. The SMILES string of the molecule is CCC/C=C/CC/C=C/CC/C=C/C(O)C(CO)NC(=O)CCCCCCCCCCCCCCC/C=C\CCCCCCCCCC. The minimum absolute atomic E-state index is 0.0806. The molecule has 0 saturated carbocycles. The Morgan fingerprint density at radius 3 is 1.29 bits per heavy atom. The number of aliphatic hydroxyl groups is 2. The van der Waals surface area contributed by atoms with E-state index in [1.165, 1.54) is 141 Å². The Labute approximate surface area is 299 Å². The van der Waals surface area contributed by atoms with Crippen molar-refractivity contribution in [1.82, 2.24) is 5.32 Å². The molecule has 4 heteroatoms. The van der Waals surface area contributed by atoms with Gasteiger partial charge in [-0.2, -0.15) is 0 Å². The van der Waals surface area contributed by atoms with Crippen LogP contribution in [-0.4, -0.2) is 34.9 Å². The summed E-state index contributed by atoms with van der Waals surface area (Å²) in [6.45, 7) is 4.21. The summed E-state index contributed by atoms with van der Waals surface area (Å²) in [4.78, 5) is 12.3. The maximum Gasteiger partial charge on any atom is 0.220 e. The standard InChI is InChI=1S/C44H81NO3/c1-3-5-7-9-11-13-15-16-17-18-19-20-21-22-23-24-25-26-27-28-30-32-34-36-38-40-44(48)45-42(41-46)43(47)39-37-35-33-31-29-14-12-10-8-6-4-2/h8,10,18-19,29,31,37,39,42-43,46-47H,3-7,9,11-17,20-28,30,32-36,38,40-41H2,1-2H3,(H,45,48)/b10-8+,19-18-,31-29+,39-37+. The summed E-state index contributed by atoms with van der Waals surface area (Å²) in [6.07, 6.45) is 53.7. The molecule has 1 amide bonds. The number of hydrogen-bond donors (Lipinski definition) is 3. The molecule has 0 spiro atoms. The second-order valence-electron chi connectivity index (χ2n) is 14.0. The van der Waals surface area contributed by atoms with Crippen molar-refractivity contribution in [1.29, 1.82) is 0 Å². The number of aliphatic hydroxyl groups excluding tert-OH is 2. The Morgan fingerprint density at radius 1 is 0.479 bits per heavy atom. The fourth-order valence-corrected chi connectivity index (χ4v) is 6.03. The highest BCUT2D eigenvalue weighted by Gasteiger charge is 2.17. The highest BCUT2D eigenvalue weighted by atomic mass is 16.3. The first kappa shape index (κ1) is 46.4. The first-order valence-corrected chi connectivity index (χ1v) is 20.9. The molecule has 0 saturated heterocycles. The summed E-state index contributed by atoms with van der Waals surface area (Å²) in [5.41, 5.74) is 0. The van der Waals surface area contributed by atoms with Gasteiger partial charge in [0.1, 0.15) is 0 Å². The maximum absolute atomic E-state index is 12.3. The van der Waals surface area contributed by atoms with Crippen molar-refractivity contribution in [3.05, 3.63) is 48.6 Å². The van der Waals surface area contributed by atoms with Gasteiger partial charge in [0.2, 0.25) is 5.91 Å². The number of rotatable bonds is 37. The van der Waals surface area contributed by atoms with Crippen molar-refractivity contribution in [3.8, 4) is 0 Å². The molecule has 0 aromatic heterocycles. The van der Waals surface area contributed by atoms with E-state index in [2.05, 4.69) is 55.6 Å². The molecule has 0 aliphatic rings. The van der Waals surface area contributed by atoms with Crippen molar-refractivity contribution >= 4 is 5.91 Å². The van der Waals surface area contributed by atoms with Crippen molar-refractivity contribution in [3.63, 3.8) is 0 Å². The van der Waals surface area contributed by atoms with Crippen molar-refractivity contribution < 1.29 is 15.0 Å². The fraction of sp³-hybridized carbons (Fsp3) is 0.795. The number of unbranched alkanes of at least 4 members (excludes halogenated alkanes) is 24. The van der Waals surface area contributed by atoms with Gasteiger partial charge in [-0.05, 0) is 64.2 Å². The van der Waals surface area contributed by atoms with E-state index < -0.39 is 12.1 Å². The molecule has 0 radical (unpaired) electrons. The smallest absolute Gasteiger partial charge is 0.220 e. The second kappa shape index (κ2) is 39.8. The van der Waals surface area contributed by atoms with Gasteiger partial charge in [0.05, 0.1) is 18.8 Å². The molecular weight excluding hydrogens is 590 g/mol. The van der Waals surface area contributed by atoms with Crippen LogP contribution >= 0.6 is 0 Å². The Kier molecular flexibility index (Phi) is 38.4. The van der Waals surface area contributed by atoms with Gasteiger partial charge in [0.15, 0.2) is 0 Å². The first-order valence-electron chi connectivity index (χ1n) is 20.9. The summed E-state index contributed by atoms with van der Waals surface area (Å²) >= 11 is 0. The van der Waals surface area contributed by atoms with E-state index in [9.17, 15) is 15.0 Å². The summed E-state index contributed by atoms with van der Waals surface area (Å²) in [5, 5.41) is 22.8. The summed E-state index contributed by atoms with van der Waals surface area (Å²) < 4.78 is 0. The molecule has 0 heterocycles. The third-order valence-corrected chi connectivity index (χ3v) is 9.24. The van der Waals surface area contributed by atoms with E-state index in [0.717, 1.165) is 44.9 Å². The van der Waals surface area contributed by atoms with Gasteiger partial charge in [0.25, 0.3) is 0 Å². The van der Waals surface area contributed by atoms with E-state index in [-0.39, 0.29) is 12.5 Å². The van der Waals surface area contributed by atoms with Crippen LogP contribution in [0, 0.1) is 0 Å². The van der Waals surface area contributed by atoms with Crippen molar-refractivity contribution in [2.45, 2.75) is 219 Å². The van der Waals surface area contributed by atoms with Crippen LogP contribution in [-0.2, 0) is 4.79 Å². The van der Waals surface area contributed by atoms with Gasteiger partial charge in [-0.1, -0.05) is 184 Å². The predicted octanol–water partition coefficient (Wildman–Crippen LogP) is 12.8. The van der Waals surface area contributed by atoms with Gasteiger partial charge in [-0.3, -0.25) is 4.79 Å². The summed E-state index contributed by atoms with van der Waals surface area (Å²) in [7, 11) is 0. The van der Waals surface area contributed by atoms with Crippen LogP contribution in [0.5, 0.6) is 0 Å². The molecule has 0 rings (SSSR count). The molecule has 0 aromatic rings. The van der Waals surface area contributed by atoms with Crippen LogP contribution in [0.3, 0.4) is 0 Å².